The molecule has 78 valence electrons. The molecule has 1 rings (SSSR count). The molecule has 1 aromatic rings. The topological polar surface area (TPSA) is 29.5 Å². The van der Waals surface area contributed by atoms with Crippen LogP contribution in [-0.4, -0.2) is 18.3 Å². The third-order valence-electron chi connectivity index (χ3n) is 1.73. The van der Waals surface area contributed by atoms with Crippen molar-refractivity contribution in [1.29, 1.82) is 0 Å². The lowest BCUT2D eigenvalue weighted by Crippen LogP contribution is -2.12. The molecule has 0 aliphatic carbocycles. The highest BCUT2D eigenvalue weighted by Gasteiger charge is 2.06. The van der Waals surface area contributed by atoms with E-state index in [0.29, 0.717) is 0 Å². The van der Waals surface area contributed by atoms with E-state index in [0.717, 1.165) is 12.1 Å². The zero-order valence-corrected chi connectivity index (χ0v) is 7.84. The van der Waals surface area contributed by atoms with Crippen LogP contribution in [0.2, 0.25) is 0 Å². The van der Waals surface area contributed by atoms with Gasteiger partial charge in [-0.15, -0.1) is 0 Å². The van der Waals surface area contributed by atoms with Gasteiger partial charge in [-0.25, -0.2) is 8.78 Å². The van der Waals surface area contributed by atoms with Crippen molar-refractivity contribution in [2.24, 2.45) is 5.92 Å². The maximum Gasteiger partial charge on any atom is 0.167 e. The highest BCUT2D eigenvalue weighted by molar-refractivity contribution is 5.24. The summed E-state index contributed by atoms with van der Waals surface area (Å²) >= 11 is 0. The number of aliphatic hydroxyl groups excluding tert-OH is 1. The van der Waals surface area contributed by atoms with E-state index in [4.69, 9.17) is 9.84 Å². The van der Waals surface area contributed by atoms with Gasteiger partial charge in [0.15, 0.2) is 11.6 Å². The lowest BCUT2D eigenvalue weighted by Gasteiger charge is -2.10. The lowest BCUT2D eigenvalue weighted by atomic mass is 10.2. The monoisotopic (exact) mass is 202 g/mol. The standard InChI is InChI=1S/C10H12F2O2/c1-7(5-13)6-14-10-3-2-8(11)4-9(10)12/h2-4,7,13H,5-6H2,1H3. The van der Waals surface area contributed by atoms with Gasteiger partial charge in [0.05, 0.1) is 6.61 Å². The Kier molecular flexibility index (Phi) is 3.83. The van der Waals surface area contributed by atoms with E-state index in [1.165, 1.54) is 6.07 Å². The molecular formula is C10H12F2O2. The van der Waals surface area contributed by atoms with Crippen LogP contribution in [0.3, 0.4) is 0 Å². The van der Waals surface area contributed by atoms with Crippen LogP contribution in [0.25, 0.3) is 0 Å². The van der Waals surface area contributed by atoms with Crippen molar-refractivity contribution in [2.45, 2.75) is 6.92 Å². The molecule has 0 aliphatic rings. The van der Waals surface area contributed by atoms with Gasteiger partial charge in [0, 0.05) is 18.6 Å². The number of aliphatic hydroxyl groups is 1. The van der Waals surface area contributed by atoms with E-state index in [1.807, 2.05) is 0 Å². The van der Waals surface area contributed by atoms with E-state index < -0.39 is 11.6 Å². The summed E-state index contributed by atoms with van der Waals surface area (Å²) in [5.41, 5.74) is 0. The molecule has 1 N–H and O–H groups in total. The Morgan fingerprint density at radius 3 is 2.71 bits per heavy atom. The van der Waals surface area contributed by atoms with Crippen molar-refractivity contribution in [3.63, 3.8) is 0 Å². The number of benzene rings is 1. The summed E-state index contributed by atoms with van der Waals surface area (Å²) < 4.78 is 30.5. The fourth-order valence-corrected chi connectivity index (χ4v) is 0.877. The minimum absolute atomic E-state index is 0.00620. The SMILES string of the molecule is CC(CO)COc1ccc(F)cc1F. The van der Waals surface area contributed by atoms with Crippen LogP contribution in [0.1, 0.15) is 6.92 Å². The van der Waals surface area contributed by atoms with Crippen molar-refractivity contribution in [3.05, 3.63) is 29.8 Å². The Morgan fingerprint density at radius 1 is 1.43 bits per heavy atom. The second-order valence-electron chi connectivity index (χ2n) is 3.17. The Morgan fingerprint density at radius 2 is 2.14 bits per heavy atom. The summed E-state index contributed by atoms with van der Waals surface area (Å²) in [6, 6.07) is 3.12. The summed E-state index contributed by atoms with van der Waals surface area (Å²) in [7, 11) is 0. The van der Waals surface area contributed by atoms with E-state index in [-0.39, 0.29) is 24.9 Å². The van der Waals surface area contributed by atoms with Crippen LogP contribution >= 0.6 is 0 Å². The second kappa shape index (κ2) is 4.91. The van der Waals surface area contributed by atoms with Crippen LogP contribution < -0.4 is 4.74 Å². The molecule has 1 aromatic carbocycles. The first-order valence-electron chi connectivity index (χ1n) is 4.32. The molecule has 0 spiro atoms. The molecule has 0 aliphatic heterocycles. The van der Waals surface area contributed by atoms with Gasteiger partial charge >= 0.3 is 0 Å². The third kappa shape index (κ3) is 2.96. The number of rotatable bonds is 4. The smallest absolute Gasteiger partial charge is 0.167 e. The lowest BCUT2D eigenvalue weighted by molar-refractivity contribution is 0.170. The normalized spacial score (nSPS) is 12.6. The minimum atomic E-state index is -0.727. The van der Waals surface area contributed by atoms with Crippen LogP contribution in [-0.2, 0) is 0 Å². The second-order valence-corrected chi connectivity index (χ2v) is 3.17. The molecule has 0 saturated heterocycles. The maximum absolute atomic E-state index is 13.0. The first-order valence-corrected chi connectivity index (χ1v) is 4.32. The van der Waals surface area contributed by atoms with E-state index in [1.54, 1.807) is 6.92 Å². The van der Waals surface area contributed by atoms with Gasteiger partial charge in [0.1, 0.15) is 5.82 Å². The Balaban J connectivity index is 2.59. The Labute approximate surface area is 81.1 Å². The molecule has 14 heavy (non-hydrogen) atoms. The molecule has 0 bridgehead atoms. The van der Waals surface area contributed by atoms with Gasteiger partial charge in [-0.2, -0.15) is 0 Å². The largest absolute Gasteiger partial charge is 0.490 e. The van der Waals surface area contributed by atoms with E-state index >= 15 is 0 Å². The average Bonchev–Trinajstić information content (AvgIpc) is 2.16. The van der Waals surface area contributed by atoms with Crippen molar-refractivity contribution in [1.82, 2.24) is 0 Å². The van der Waals surface area contributed by atoms with Gasteiger partial charge in [0.25, 0.3) is 0 Å². The fraction of sp³-hybridized carbons (Fsp3) is 0.400. The van der Waals surface area contributed by atoms with Gasteiger partial charge < -0.3 is 9.84 Å². The highest BCUT2D eigenvalue weighted by Crippen LogP contribution is 2.18. The minimum Gasteiger partial charge on any atom is -0.490 e. The molecular weight excluding hydrogens is 190 g/mol. The zero-order chi connectivity index (χ0) is 10.6. The number of ether oxygens (including phenoxy) is 1. The van der Waals surface area contributed by atoms with E-state index in [2.05, 4.69) is 0 Å². The molecule has 0 aromatic heterocycles. The summed E-state index contributed by atoms with van der Waals surface area (Å²) in [5.74, 6) is -1.42. The molecule has 1 unspecified atom stereocenters. The first-order chi connectivity index (χ1) is 6.63. The zero-order valence-electron chi connectivity index (χ0n) is 7.84. The fourth-order valence-electron chi connectivity index (χ4n) is 0.877. The highest BCUT2D eigenvalue weighted by atomic mass is 19.1. The summed E-state index contributed by atoms with van der Waals surface area (Å²) in [5, 5.41) is 8.69. The predicted molar refractivity (Wildman–Crippen MR) is 48.1 cm³/mol. The molecule has 0 amide bonds. The van der Waals surface area contributed by atoms with Crippen LogP contribution in [0.15, 0.2) is 18.2 Å². The van der Waals surface area contributed by atoms with Gasteiger partial charge in [-0.3, -0.25) is 0 Å². The quantitative estimate of drug-likeness (QED) is 0.808. The van der Waals surface area contributed by atoms with Gasteiger partial charge in [0.2, 0.25) is 0 Å². The summed E-state index contributed by atoms with van der Waals surface area (Å²) in [4.78, 5) is 0. The Hall–Kier alpha value is -1.16. The van der Waals surface area contributed by atoms with Gasteiger partial charge in [-0.1, -0.05) is 6.92 Å². The van der Waals surface area contributed by atoms with Crippen LogP contribution in [0, 0.1) is 17.6 Å². The maximum atomic E-state index is 13.0. The van der Waals surface area contributed by atoms with Crippen molar-refractivity contribution in [3.8, 4) is 5.75 Å². The summed E-state index contributed by atoms with van der Waals surface area (Å²) in [6.07, 6.45) is 0. The van der Waals surface area contributed by atoms with Crippen molar-refractivity contribution >= 4 is 0 Å². The average molecular weight is 202 g/mol. The number of halogens is 2. The Bertz CT molecular complexity index is 302. The van der Waals surface area contributed by atoms with E-state index in [9.17, 15) is 8.78 Å². The molecule has 4 heteroatoms. The molecule has 2 nitrogen and oxygen atoms in total. The van der Waals surface area contributed by atoms with Crippen LogP contribution in [0.4, 0.5) is 8.78 Å². The molecule has 0 fully saturated rings. The molecule has 0 radical (unpaired) electrons. The van der Waals surface area contributed by atoms with Crippen LogP contribution in [0.5, 0.6) is 5.75 Å². The molecule has 1 atom stereocenters. The first kappa shape index (κ1) is 10.9. The number of hydrogen-bond acceptors (Lipinski definition) is 2. The summed E-state index contributed by atoms with van der Waals surface area (Å²) in [6.45, 7) is 1.95. The third-order valence-corrected chi connectivity index (χ3v) is 1.73. The van der Waals surface area contributed by atoms with Crippen molar-refractivity contribution in [2.75, 3.05) is 13.2 Å². The number of hydrogen-bond donors (Lipinski definition) is 1. The molecule has 0 saturated carbocycles. The van der Waals surface area contributed by atoms with Gasteiger partial charge in [-0.05, 0) is 12.1 Å². The predicted octanol–water partition coefficient (Wildman–Crippen LogP) is 1.97. The molecule has 0 heterocycles. The van der Waals surface area contributed by atoms with Crippen molar-refractivity contribution < 1.29 is 18.6 Å².